The number of amides is 2. The molecule has 31 heavy (non-hydrogen) atoms. The molecule has 2 rings (SSSR count). The van der Waals surface area contributed by atoms with E-state index in [1.165, 1.54) is 6.07 Å². The topological polar surface area (TPSA) is 76.7 Å². The summed E-state index contributed by atoms with van der Waals surface area (Å²) in [7, 11) is 3.18. The highest BCUT2D eigenvalue weighted by Gasteiger charge is 2.22. The summed E-state index contributed by atoms with van der Waals surface area (Å²) in [5.74, 6) is 1.45. The van der Waals surface area contributed by atoms with Crippen molar-refractivity contribution in [2.45, 2.75) is 18.9 Å². The van der Waals surface area contributed by atoms with E-state index in [0.29, 0.717) is 35.9 Å². The molecule has 0 aromatic heterocycles. The molecule has 0 saturated heterocycles. The predicted molar refractivity (Wildman–Crippen MR) is 127 cm³/mol. The molecule has 0 saturated carbocycles. The lowest BCUT2D eigenvalue weighted by Crippen LogP contribution is -2.47. The molecule has 9 heteroatoms. The third-order valence-electron chi connectivity index (χ3n) is 4.60. The van der Waals surface area contributed by atoms with Crippen molar-refractivity contribution < 1.29 is 19.1 Å². The molecule has 0 radical (unpaired) electrons. The second kappa shape index (κ2) is 12.7. The highest BCUT2D eigenvalue weighted by atomic mass is 35.5. The number of carbonyl (C=O) groups excluding carboxylic acids is 2. The summed E-state index contributed by atoms with van der Waals surface area (Å²) in [6.45, 7) is 0.398. The van der Waals surface area contributed by atoms with E-state index in [1.807, 2.05) is 18.4 Å². The highest BCUT2D eigenvalue weighted by Crippen LogP contribution is 2.25. The molecule has 0 aliphatic rings. The lowest BCUT2D eigenvalue weighted by Gasteiger charge is -2.19. The van der Waals surface area contributed by atoms with Gasteiger partial charge in [-0.15, -0.1) is 0 Å². The first-order valence-corrected chi connectivity index (χ1v) is 11.8. The van der Waals surface area contributed by atoms with Crippen molar-refractivity contribution in [1.82, 2.24) is 10.6 Å². The van der Waals surface area contributed by atoms with Crippen molar-refractivity contribution in [2.75, 3.05) is 32.8 Å². The Morgan fingerprint density at radius 3 is 2.52 bits per heavy atom. The Morgan fingerprint density at radius 2 is 1.87 bits per heavy atom. The third kappa shape index (κ3) is 7.52. The SMILES string of the molecule is COc1ccc(CCNC(=O)C(CCSC)NC(=O)c2ccc(Cl)cc2Cl)c(OC)c1. The van der Waals surface area contributed by atoms with Crippen LogP contribution in [0.2, 0.25) is 10.0 Å². The number of methoxy groups -OCH3 is 2. The molecule has 1 atom stereocenters. The first kappa shape index (κ1) is 25.2. The normalized spacial score (nSPS) is 11.5. The van der Waals surface area contributed by atoms with Crippen LogP contribution in [-0.4, -0.2) is 50.6 Å². The zero-order chi connectivity index (χ0) is 22.8. The van der Waals surface area contributed by atoms with Gasteiger partial charge in [-0.05, 0) is 54.7 Å². The smallest absolute Gasteiger partial charge is 0.253 e. The second-order valence-electron chi connectivity index (χ2n) is 6.65. The van der Waals surface area contributed by atoms with Crippen LogP contribution in [0.3, 0.4) is 0 Å². The van der Waals surface area contributed by atoms with Gasteiger partial charge in [0.15, 0.2) is 0 Å². The van der Waals surface area contributed by atoms with Crippen LogP contribution >= 0.6 is 35.0 Å². The van der Waals surface area contributed by atoms with Crippen LogP contribution < -0.4 is 20.1 Å². The number of rotatable bonds is 11. The Balaban J connectivity index is 2.00. The fourth-order valence-electron chi connectivity index (χ4n) is 2.92. The molecule has 2 aromatic rings. The van der Waals surface area contributed by atoms with Gasteiger partial charge in [-0.1, -0.05) is 29.3 Å². The van der Waals surface area contributed by atoms with E-state index in [0.717, 1.165) is 11.3 Å². The zero-order valence-electron chi connectivity index (χ0n) is 17.7. The average molecular weight is 485 g/mol. The number of ether oxygens (including phenoxy) is 2. The molecule has 2 aromatic carbocycles. The summed E-state index contributed by atoms with van der Waals surface area (Å²) >= 11 is 13.6. The maximum atomic E-state index is 12.8. The summed E-state index contributed by atoms with van der Waals surface area (Å²) in [6.07, 6.45) is 3.02. The molecule has 0 aliphatic heterocycles. The Morgan fingerprint density at radius 1 is 1.10 bits per heavy atom. The van der Waals surface area contributed by atoms with E-state index in [9.17, 15) is 9.59 Å². The minimum atomic E-state index is -0.676. The van der Waals surface area contributed by atoms with Gasteiger partial charge in [-0.3, -0.25) is 9.59 Å². The van der Waals surface area contributed by atoms with Crippen LogP contribution in [-0.2, 0) is 11.2 Å². The van der Waals surface area contributed by atoms with Gasteiger partial charge in [0.25, 0.3) is 5.91 Å². The maximum Gasteiger partial charge on any atom is 0.253 e. The molecule has 0 fully saturated rings. The van der Waals surface area contributed by atoms with E-state index in [1.54, 1.807) is 44.2 Å². The van der Waals surface area contributed by atoms with Crippen LogP contribution in [0.25, 0.3) is 0 Å². The first-order valence-electron chi connectivity index (χ1n) is 9.63. The summed E-state index contributed by atoms with van der Waals surface area (Å²) < 4.78 is 10.6. The van der Waals surface area contributed by atoms with E-state index in [2.05, 4.69) is 10.6 Å². The zero-order valence-corrected chi connectivity index (χ0v) is 20.0. The fourth-order valence-corrected chi connectivity index (χ4v) is 3.88. The van der Waals surface area contributed by atoms with E-state index in [4.69, 9.17) is 32.7 Å². The molecule has 1 unspecified atom stereocenters. The monoisotopic (exact) mass is 484 g/mol. The van der Waals surface area contributed by atoms with Crippen LogP contribution in [0.4, 0.5) is 0 Å². The number of benzene rings is 2. The Kier molecular flexibility index (Phi) is 10.3. The summed E-state index contributed by atoms with van der Waals surface area (Å²) in [6, 6.07) is 9.49. The number of hydrogen-bond donors (Lipinski definition) is 2. The van der Waals surface area contributed by atoms with Crippen molar-refractivity contribution in [3.63, 3.8) is 0 Å². The summed E-state index contributed by atoms with van der Waals surface area (Å²) in [5, 5.41) is 6.35. The fraction of sp³-hybridized carbons (Fsp3) is 0.364. The van der Waals surface area contributed by atoms with E-state index >= 15 is 0 Å². The Labute approximate surface area is 197 Å². The van der Waals surface area contributed by atoms with E-state index in [-0.39, 0.29) is 16.5 Å². The number of thioether (sulfide) groups is 1. The molecule has 6 nitrogen and oxygen atoms in total. The van der Waals surface area contributed by atoms with Crippen LogP contribution in [0.5, 0.6) is 11.5 Å². The summed E-state index contributed by atoms with van der Waals surface area (Å²) in [4.78, 5) is 25.4. The quantitative estimate of drug-likeness (QED) is 0.499. The standard InChI is InChI=1S/C22H26Cl2N2O4S/c1-29-16-6-4-14(20(13-16)30-2)8-10-25-22(28)19(9-11-31-3)26-21(27)17-7-5-15(23)12-18(17)24/h4-7,12-13,19H,8-11H2,1-3H3,(H,25,28)(H,26,27). The van der Waals surface area contributed by atoms with Gasteiger partial charge in [-0.2, -0.15) is 11.8 Å². The molecule has 168 valence electrons. The molecular weight excluding hydrogens is 459 g/mol. The molecule has 0 spiro atoms. The Bertz CT molecular complexity index is 911. The van der Waals surface area contributed by atoms with Gasteiger partial charge in [0.05, 0.1) is 24.8 Å². The second-order valence-corrected chi connectivity index (χ2v) is 8.48. The number of nitrogens with one attached hydrogen (secondary N) is 2. The van der Waals surface area contributed by atoms with Crippen molar-refractivity contribution in [3.05, 3.63) is 57.6 Å². The van der Waals surface area contributed by atoms with Gasteiger partial charge in [-0.25, -0.2) is 0 Å². The number of carbonyl (C=O) groups is 2. The summed E-state index contributed by atoms with van der Waals surface area (Å²) in [5.41, 5.74) is 1.22. The number of hydrogen-bond acceptors (Lipinski definition) is 5. The van der Waals surface area contributed by atoms with Crippen molar-refractivity contribution in [1.29, 1.82) is 0 Å². The van der Waals surface area contributed by atoms with E-state index < -0.39 is 11.9 Å². The lowest BCUT2D eigenvalue weighted by atomic mass is 10.1. The van der Waals surface area contributed by atoms with Gasteiger partial charge in [0, 0.05) is 17.6 Å². The average Bonchev–Trinajstić information content (AvgIpc) is 2.76. The van der Waals surface area contributed by atoms with Crippen molar-refractivity contribution >= 4 is 46.8 Å². The van der Waals surface area contributed by atoms with Crippen molar-refractivity contribution in [3.8, 4) is 11.5 Å². The molecule has 0 bridgehead atoms. The van der Waals surface area contributed by atoms with Gasteiger partial charge < -0.3 is 20.1 Å². The third-order valence-corrected chi connectivity index (χ3v) is 5.79. The molecular formula is C22H26Cl2N2O4S. The minimum absolute atomic E-state index is 0.237. The Hall–Kier alpha value is -2.09. The largest absolute Gasteiger partial charge is 0.497 e. The minimum Gasteiger partial charge on any atom is -0.497 e. The van der Waals surface area contributed by atoms with Crippen LogP contribution in [0.15, 0.2) is 36.4 Å². The first-order chi connectivity index (χ1) is 14.9. The van der Waals surface area contributed by atoms with Crippen LogP contribution in [0, 0.1) is 0 Å². The highest BCUT2D eigenvalue weighted by molar-refractivity contribution is 7.98. The lowest BCUT2D eigenvalue weighted by molar-refractivity contribution is -0.122. The maximum absolute atomic E-state index is 12.8. The van der Waals surface area contributed by atoms with Crippen LogP contribution in [0.1, 0.15) is 22.3 Å². The molecule has 0 aliphatic carbocycles. The van der Waals surface area contributed by atoms with Crippen molar-refractivity contribution in [2.24, 2.45) is 0 Å². The van der Waals surface area contributed by atoms with Gasteiger partial charge in [0.2, 0.25) is 5.91 Å². The molecule has 2 amide bonds. The van der Waals surface area contributed by atoms with Gasteiger partial charge >= 0.3 is 0 Å². The van der Waals surface area contributed by atoms with Gasteiger partial charge in [0.1, 0.15) is 17.5 Å². The number of halogens is 2. The molecule has 2 N–H and O–H groups in total. The molecule has 0 heterocycles. The predicted octanol–water partition coefficient (Wildman–Crippen LogP) is 4.22.